The van der Waals surface area contributed by atoms with Gasteiger partial charge in [0.25, 0.3) is 0 Å². The summed E-state index contributed by atoms with van der Waals surface area (Å²) in [4.78, 5) is 24.2. The summed E-state index contributed by atoms with van der Waals surface area (Å²) in [7, 11) is 6.15. The molecule has 2 amide bonds. The summed E-state index contributed by atoms with van der Waals surface area (Å²) in [5, 5.41) is 5.56. The lowest BCUT2D eigenvalue weighted by molar-refractivity contribution is -0.117. The van der Waals surface area contributed by atoms with Gasteiger partial charge in [-0.05, 0) is 30.7 Å². The van der Waals surface area contributed by atoms with Gasteiger partial charge < -0.3 is 29.6 Å². The molecule has 0 aliphatic carbocycles. The van der Waals surface area contributed by atoms with E-state index in [1.165, 1.54) is 14.2 Å². The highest BCUT2D eigenvalue weighted by Crippen LogP contribution is 2.30. The number of anilines is 2. The van der Waals surface area contributed by atoms with Crippen LogP contribution < -0.4 is 29.6 Å². The summed E-state index contributed by atoms with van der Waals surface area (Å²) in [5.74, 6) is 1.85. The first-order valence-corrected chi connectivity index (χ1v) is 9.04. The first-order chi connectivity index (χ1) is 14.0. The topological polar surface area (TPSA) is 95.1 Å². The van der Waals surface area contributed by atoms with Crippen molar-refractivity contribution >= 4 is 23.2 Å². The monoisotopic (exact) mass is 402 g/mol. The summed E-state index contributed by atoms with van der Waals surface area (Å²) < 4.78 is 20.8. The van der Waals surface area contributed by atoms with Gasteiger partial charge in [0, 0.05) is 36.3 Å². The Hall–Kier alpha value is -3.42. The quantitative estimate of drug-likeness (QED) is 0.632. The molecule has 0 aromatic heterocycles. The van der Waals surface area contributed by atoms with Crippen LogP contribution in [0.2, 0.25) is 0 Å². The minimum absolute atomic E-state index is 0.184. The lowest BCUT2D eigenvalue weighted by Crippen LogP contribution is -2.15. The standard InChI is InChI=1S/C21H26N2O6/c1-26-16-10-8-14(12-18(16)28-3)22-20(24)6-5-7-21(25)23-15-9-11-17(27-2)19(13-15)29-4/h8-13H,5-7H2,1-4H3,(H,22,24)(H,23,25). The zero-order chi connectivity index (χ0) is 21.2. The second kappa shape index (κ2) is 10.8. The van der Waals surface area contributed by atoms with E-state index in [0.29, 0.717) is 40.8 Å². The molecule has 0 aliphatic heterocycles. The molecule has 2 aromatic rings. The van der Waals surface area contributed by atoms with Gasteiger partial charge in [0.1, 0.15) is 0 Å². The predicted octanol–water partition coefficient (Wildman–Crippen LogP) is 3.47. The third kappa shape index (κ3) is 6.31. The molecule has 0 unspecified atom stereocenters. The van der Waals surface area contributed by atoms with E-state index >= 15 is 0 Å². The molecule has 2 N–H and O–H groups in total. The molecule has 0 radical (unpaired) electrons. The molecule has 0 bridgehead atoms. The second-order valence-corrected chi connectivity index (χ2v) is 6.09. The van der Waals surface area contributed by atoms with Crippen LogP contribution in [0.15, 0.2) is 36.4 Å². The van der Waals surface area contributed by atoms with E-state index in [4.69, 9.17) is 18.9 Å². The Morgan fingerprint density at radius 3 is 1.38 bits per heavy atom. The van der Waals surface area contributed by atoms with Gasteiger partial charge in [-0.3, -0.25) is 9.59 Å². The Bertz CT molecular complexity index is 784. The largest absolute Gasteiger partial charge is 0.493 e. The fourth-order valence-electron chi connectivity index (χ4n) is 2.68. The molecule has 8 nitrogen and oxygen atoms in total. The van der Waals surface area contributed by atoms with Gasteiger partial charge in [0.2, 0.25) is 11.8 Å². The van der Waals surface area contributed by atoms with Gasteiger partial charge in [0.15, 0.2) is 23.0 Å². The molecule has 0 atom stereocenters. The predicted molar refractivity (Wildman–Crippen MR) is 110 cm³/mol. The van der Waals surface area contributed by atoms with E-state index in [1.807, 2.05) is 0 Å². The van der Waals surface area contributed by atoms with Crippen LogP contribution in [0.1, 0.15) is 19.3 Å². The average Bonchev–Trinajstić information content (AvgIpc) is 2.73. The number of hydrogen-bond donors (Lipinski definition) is 2. The molecule has 0 spiro atoms. The minimum atomic E-state index is -0.184. The fourth-order valence-corrected chi connectivity index (χ4v) is 2.68. The maximum absolute atomic E-state index is 12.1. The molecule has 2 aromatic carbocycles. The molecule has 0 saturated carbocycles. The average molecular weight is 402 g/mol. The van der Waals surface area contributed by atoms with Crippen LogP contribution in [0.25, 0.3) is 0 Å². The SMILES string of the molecule is COc1ccc(NC(=O)CCCC(=O)Nc2ccc(OC)c(OC)c2)cc1OC. The highest BCUT2D eigenvalue weighted by Gasteiger charge is 2.10. The molecule has 0 fully saturated rings. The zero-order valence-electron chi connectivity index (χ0n) is 17.0. The second-order valence-electron chi connectivity index (χ2n) is 6.09. The first-order valence-electron chi connectivity index (χ1n) is 9.04. The summed E-state index contributed by atoms with van der Waals surface area (Å²) in [6, 6.07) is 10.2. The summed E-state index contributed by atoms with van der Waals surface area (Å²) in [6.07, 6.45) is 0.847. The van der Waals surface area contributed by atoms with E-state index < -0.39 is 0 Å². The number of ether oxygens (including phenoxy) is 4. The maximum atomic E-state index is 12.1. The lowest BCUT2D eigenvalue weighted by atomic mass is 10.2. The van der Waals surface area contributed by atoms with Crippen molar-refractivity contribution in [2.45, 2.75) is 19.3 Å². The lowest BCUT2D eigenvalue weighted by Gasteiger charge is -2.11. The van der Waals surface area contributed by atoms with Crippen molar-refractivity contribution in [3.63, 3.8) is 0 Å². The summed E-state index contributed by atoms with van der Waals surface area (Å²) in [5.41, 5.74) is 1.20. The normalized spacial score (nSPS) is 10.1. The third-order valence-electron chi connectivity index (χ3n) is 4.14. The molecule has 29 heavy (non-hydrogen) atoms. The van der Waals surface area contributed by atoms with E-state index in [0.717, 1.165) is 0 Å². The van der Waals surface area contributed by atoms with E-state index in [-0.39, 0.29) is 24.7 Å². The van der Waals surface area contributed by atoms with Gasteiger partial charge in [-0.1, -0.05) is 0 Å². The van der Waals surface area contributed by atoms with Crippen LogP contribution in [0.4, 0.5) is 11.4 Å². The zero-order valence-corrected chi connectivity index (χ0v) is 17.0. The summed E-state index contributed by atoms with van der Waals surface area (Å²) in [6.45, 7) is 0. The van der Waals surface area contributed by atoms with Gasteiger partial charge in [0.05, 0.1) is 28.4 Å². The third-order valence-corrected chi connectivity index (χ3v) is 4.14. The smallest absolute Gasteiger partial charge is 0.224 e. The van der Waals surface area contributed by atoms with Crippen molar-refractivity contribution in [1.82, 2.24) is 0 Å². The molecule has 0 saturated heterocycles. The molecule has 156 valence electrons. The first kappa shape index (κ1) is 21.9. The minimum Gasteiger partial charge on any atom is -0.493 e. The Morgan fingerprint density at radius 1 is 0.655 bits per heavy atom. The van der Waals surface area contributed by atoms with Crippen LogP contribution in [0, 0.1) is 0 Å². The number of rotatable bonds is 10. The van der Waals surface area contributed by atoms with Crippen LogP contribution in [0.3, 0.4) is 0 Å². The number of hydrogen-bond acceptors (Lipinski definition) is 6. The van der Waals surface area contributed by atoms with Crippen LogP contribution in [0.5, 0.6) is 23.0 Å². The van der Waals surface area contributed by atoms with Crippen LogP contribution in [-0.2, 0) is 9.59 Å². The Morgan fingerprint density at radius 2 is 1.03 bits per heavy atom. The van der Waals surface area contributed by atoms with Crippen LogP contribution >= 0.6 is 0 Å². The molecule has 0 heterocycles. The molecular weight excluding hydrogens is 376 g/mol. The van der Waals surface area contributed by atoms with Crippen molar-refractivity contribution in [3.05, 3.63) is 36.4 Å². The Labute approximate surface area is 170 Å². The molecule has 0 aliphatic rings. The van der Waals surface area contributed by atoms with Gasteiger partial charge in [-0.2, -0.15) is 0 Å². The number of methoxy groups -OCH3 is 4. The van der Waals surface area contributed by atoms with E-state index in [9.17, 15) is 9.59 Å². The van der Waals surface area contributed by atoms with Gasteiger partial charge >= 0.3 is 0 Å². The fraction of sp³-hybridized carbons (Fsp3) is 0.333. The van der Waals surface area contributed by atoms with Gasteiger partial charge in [-0.15, -0.1) is 0 Å². The van der Waals surface area contributed by atoms with Crippen LogP contribution in [-0.4, -0.2) is 40.3 Å². The highest BCUT2D eigenvalue weighted by atomic mass is 16.5. The highest BCUT2D eigenvalue weighted by molar-refractivity contribution is 5.93. The van der Waals surface area contributed by atoms with Crippen molar-refractivity contribution in [2.24, 2.45) is 0 Å². The van der Waals surface area contributed by atoms with Gasteiger partial charge in [-0.25, -0.2) is 0 Å². The van der Waals surface area contributed by atoms with Crippen molar-refractivity contribution in [3.8, 4) is 23.0 Å². The van der Waals surface area contributed by atoms with E-state index in [1.54, 1.807) is 50.6 Å². The number of benzene rings is 2. The van der Waals surface area contributed by atoms with E-state index in [2.05, 4.69) is 10.6 Å². The molecular formula is C21H26N2O6. The Balaban J connectivity index is 1.80. The Kier molecular flexibility index (Phi) is 8.14. The number of amides is 2. The number of carbonyl (C=O) groups excluding carboxylic acids is 2. The van der Waals surface area contributed by atoms with Crippen molar-refractivity contribution in [1.29, 1.82) is 0 Å². The van der Waals surface area contributed by atoms with Crippen molar-refractivity contribution in [2.75, 3.05) is 39.1 Å². The number of nitrogens with one attached hydrogen (secondary N) is 2. The molecule has 2 rings (SSSR count). The molecule has 8 heteroatoms. The maximum Gasteiger partial charge on any atom is 0.224 e. The van der Waals surface area contributed by atoms with Crippen molar-refractivity contribution < 1.29 is 28.5 Å². The number of carbonyl (C=O) groups is 2. The summed E-state index contributed by atoms with van der Waals surface area (Å²) >= 11 is 0.